The van der Waals surface area contributed by atoms with Gasteiger partial charge in [0.2, 0.25) is 0 Å². The molecule has 14 unspecified atom stereocenters. The minimum atomic E-state index is -0.500. The van der Waals surface area contributed by atoms with Crippen molar-refractivity contribution in [2.45, 2.75) is 212 Å². The number of hydrogen-bond acceptors (Lipinski definition) is 11. The molecule has 11 nitrogen and oxygen atoms in total. The molecule has 0 radical (unpaired) electrons. The molecule has 14 aliphatic carbocycles. The molecule has 14 fully saturated rings. The molecule has 14 aliphatic rings. The zero-order chi connectivity index (χ0) is 46.7. The normalized spacial score (nSPS) is 43.8. The summed E-state index contributed by atoms with van der Waals surface area (Å²) < 4.78 is 35.3. The fraction of sp³-hybridized carbons (Fsp3) is 0.917. The Balaban J connectivity index is 0.000000198. The summed E-state index contributed by atoms with van der Waals surface area (Å²) in [4.78, 5) is 64.2. The van der Waals surface area contributed by atoms with E-state index in [9.17, 15) is 24.0 Å². The van der Waals surface area contributed by atoms with Crippen LogP contribution < -0.4 is 0 Å². The second-order valence-electron chi connectivity index (χ2n) is 26.5. The third-order valence-corrected chi connectivity index (χ3v) is 21.9. The van der Waals surface area contributed by atoms with Crippen molar-refractivity contribution in [3.05, 3.63) is 0 Å². The Labute approximate surface area is 429 Å². The standard InChI is InChI=1S/C30H44O5.C26H38O6.4CH4/c1-4-30(2,3)29(32)35-24-13-18-12-23(24)26-21-10-17(25(18)26)11-22(21)28(31)34-14-33-27-19-6-15-5-16(8-19)9-20(27)7-15;1-4-25(2,3)24(29)32-21-10-15-8-19(21)20(9-15)23(28)31-14-30-13-26-11-16-5-17(12-26)7-18(6-16)22(26)27;;;;/h15-27H,4-14H2,1-3H3;15-21H,4-14H2,1-3H3;4*1H4. The Morgan fingerprint density at radius 3 is 1.61 bits per heavy atom. The van der Waals surface area contributed by atoms with Crippen LogP contribution in [0.15, 0.2) is 0 Å². The van der Waals surface area contributed by atoms with Gasteiger partial charge in [0.1, 0.15) is 18.0 Å². The molecule has 0 heterocycles. The number of rotatable bonds is 15. The van der Waals surface area contributed by atoms with Gasteiger partial charge in [-0.25, -0.2) is 0 Å². The molecule has 0 N–H and O–H groups in total. The monoisotopic (exact) mass is 995 g/mol. The van der Waals surface area contributed by atoms with E-state index in [0.717, 1.165) is 88.4 Å². The lowest BCUT2D eigenvalue weighted by atomic mass is 9.49. The highest BCUT2D eigenvalue weighted by Gasteiger charge is 2.67. The highest BCUT2D eigenvalue weighted by Crippen LogP contribution is 2.69. The Morgan fingerprint density at radius 2 is 1.03 bits per heavy atom. The van der Waals surface area contributed by atoms with Gasteiger partial charge < -0.3 is 28.4 Å². The highest BCUT2D eigenvalue weighted by atomic mass is 16.7. The van der Waals surface area contributed by atoms with E-state index in [-0.39, 0.29) is 108 Å². The van der Waals surface area contributed by atoms with Gasteiger partial charge in [0.25, 0.3) is 0 Å². The summed E-state index contributed by atoms with van der Waals surface area (Å²) in [5.41, 5.74) is -1.25. The second-order valence-corrected chi connectivity index (χ2v) is 26.5. The van der Waals surface area contributed by atoms with Crippen molar-refractivity contribution in [1.29, 1.82) is 0 Å². The lowest BCUT2D eigenvalue weighted by molar-refractivity contribution is -0.192. The third kappa shape index (κ3) is 10.1. The lowest BCUT2D eigenvalue weighted by Gasteiger charge is -2.55. The van der Waals surface area contributed by atoms with Gasteiger partial charge >= 0.3 is 23.9 Å². The van der Waals surface area contributed by atoms with Crippen LogP contribution in [0.1, 0.15) is 193 Å². The number of Topliss-reactive ketones (excluding diaryl/α,β-unsaturated/α-hetero) is 1. The molecule has 0 saturated heterocycles. The summed E-state index contributed by atoms with van der Waals surface area (Å²) >= 11 is 0. The van der Waals surface area contributed by atoms with E-state index in [1.165, 1.54) is 51.4 Å². The van der Waals surface area contributed by atoms with Crippen molar-refractivity contribution >= 4 is 29.7 Å². The Hall–Kier alpha value is -2.53. The number of carbonyl (C=O) groups is 5. The van der Waals surface area contributed by atoms with Crippen LogP contribution in [0.25, 0.3) is 0 Å². The number of hydrogen-bond donors (Lipinski definition) is 0. The molecule has 404 valence electrons. The molecular formula is C60H98O11. The average molecular weight is 995 g/mol. The third-order valence-electron chi connectivity index (χ3n) is 21.9. The topological polar surface area (TPSA) is 141 Å². The number of fused-ring (bicyclic) bond motifs is 11. The van der Waals surface area contributed by atoms with Crippen LogP contribution in [-0.4, -0.2) is 68.2 Å². The molecular weight excluding hydrogens is 897 g/mol. The van der Waals surface area contributed by atoms with Crippen LogP contribution in [0.2, 0.25) is 0 Å². The van der Waals surface area contributed by atoms with E-state index < -0.39 is 10.8 Å². The molecule has 0 aromatic rings. The van der Waals surface area contributed by atoms with Crippen molar-refractivity contribution in [1.82, 2.24) is 0 Å². The summed E-state index contributed by atoms with van der Waals surface area (Å²) in [5, 5.41) is 0. The fourth-order valence-electron chi connectivity index (χ4n) is 18.5. The number of ketones is 1. The van der Waals surface area contributed by atoms with Crippen LogP contribution in [-0.2, 0) is 52.4 Å². The summed E-state index contributed by atoms with van der Waals surface area (Å²) in [6, 6.07) is 0. The van der Waals surface area contributed by atoms with E-state index in [2.05, 4.69) is 6.92 Å². The second kappa shape index (κ2) is 21.2. The largest absolute Gasteiger partial charge is 0.462 e. The minimum absolute atomic E-state index is 0. The Morgan fingerprint density at radius 1 is 0.521 bits per heavy atom. The van der Waals surface area contributed by atoms with E-state index >= 15 is 0 Å². The molecule has 0 aliphatic heterocycles. The van der Waals surface area contributed by atoms with Gasteiger partial charge in [-0.15, -0.1) is 0 Å². The zero-order valence-electron chi connectivity index (χ0n) is 41.6. The average Bonchev–Trinajstić information content (AvgIpc) is 4.17. The van der Waals surface area contributed by atoms with E-state index in [1.807, 2.05) is 34.6 Å². The number of esters is 4. The summed E-state index contributed by atoms with van der Waals surface area (Å²) in [5.74, 6) is 8.47. The molecule has 14 atom stereocenters. The van der Waals surface area contributed by atoms with Crippen molar-refractivity contribution < 1.29 is 52.4 Å². The molecule has 14 rings (SSSR count). The quantitative estimate of drug-likeness (QED) is 0.0509. The van der Waals surface area contributed by atoms with Gasteiger partial charge in [-0.1, -0.05) is 43.6 Å². The van der Waals surface area contributed by atoms with Crippen molar-refractivity contribution in [2.75, 3.05) is 20.2 Å². The predicted molar refractivity (Wildman–Crippen MR) is 273 cm³/mol. The maximum Gasteiger partial charge on any atom is 0.311 e. The van der Waals surface area contributed by atoms with Crippen molar-refractivity contribution in [3.8, 4) is 0 Å². The summed E-state index contributed by atoms with van der Waals surface area (Å²) in [7, 11) is 0. The summed E-state index contributed by atoms with van der Waals surface area (Å²) in [6.45, 7) is 12.3. The van der Waals surface area contributed by atoms with Crippen LogP contribution in [0.5, 0.6) is 0 Å². The molecule has 0 aromatic carbocycles. The molecule has 0 aromatic heterocycles. The van der Waals surface area contributed by atoms with Gasteiger partial charge in [0, 0.05) is 11.8 Å². The van der Waals surface area contributed by atoms with Crippen molar-refractivity contribution in [3.63, 3.8) is 0 Å². The zero-order valence-corrected chi connectivity index (χ0v) is 41.6. The van der Waals surface area contributed by atoms with Gasteiger partial charge in [-0.05, 0) is 227 Å². The van der Waals surface area contributed by atoms with Gasteiger partial charge in [0.05, 0.1) is 40.8 Å². The van der Waals surface area contributed by atoms with Gasteiger partial charge in [-0.3, -0.25) is 24.0 Å². The first-order valence-corrected chi connectivity index (χ1v) is 27.5. The molecule has 0 amide bonds. The molecule has 71 heavy (non-hydrogen) atoms. The number of ether oxygens (including phenoxy) is 6. The number of carbonyl (C=O) groups excluding carboxylic acids is 5. The molecule has 14 bridgehead atoms. The van der Waals surface area contributed by atoms with Crippen LogP contribution in [0, 0.1) is 117 Å². The molecule has 0 spiro atoms. The first kappa shape index (κ1) is 56.2. The lowest BCUT2D eigenvalue weighted by Crippen LogP contribution is -2.55. The predicted octanol–water partition coefficient (Wildman–Crippen LogP) is 12.4. The fourth-order valence-corrected chi connectivity index (χ4v) is 18.5. The minimum Gasteiger partial charge on any atom is -0.462 e. The maximum absolute atomic E-state index is 13.2. The van der Waals surface area contributed by atoms with E-state index in [4.69, 9.17) is 28.4 Å². The van der Waals surface area contributed by atoms with Crippen LogP contribution >= 0.6 is 0 Å². The van der Waals surface area contributed by atoms with E-state index in [0.29, 0.717) is 77.7 Å². The van der Waals surface area contributed by atoms with Crippen LogP contribution in [0.4, 0.5) is 0 Å². The van der Waals surface area contributed by atoms with Gasteiger partial charge in [-0.2, -0.15) is 0 Å². The molecule has 14 saturated carbocycles. The van der Waals surface area contributed by atoms with Crippen LogP contribution in [0.3, 0.4) is 0 Å². The smallest absolute Gasteiger partial charge is 0.311 e. The van der Waals surface area contributed by atoms with Gasteiger partial charge in [0.15, 0.2) is 13.6 Å². The Kier molecular flexibility index (Phi) is 16.8. The first-order chi connectivity index (χ1) is 32.0. The Bertz CT molecular complexity index is 1900. The molecule has 11 heteroatoms. The summed E-state index contributed by atoms with van der Waals surface area (Å²) in [6.07, 6.45) is 20.7. The van der Waals surface area contributed by atoms with Crippen molar-refractivity contribution in [2.24, 2.45) is 117 Å². The SMILES string of the molecule is C.C.C.C.CCC(C)(C)C(=O)OC1CC2CC(C(=O)OCOCC34CC5CC(CC(C5)C3=O)C4)C1C2.CCC(C)(C)C(=O)OC1CC2CC1C1C3CC(CC3C(=O)OCOC3C4CC5CC(C4)CC3C5)C21. The van der Waals surface area contributed by atoms with E-state index in [1.54, 1.807) is 0 Å². The first-order valence-electron chi connectivity index (χ1n) is 27.5. The highest BCUT2D eigenvalue weighted by molar-refractivity contribution is 5.89. The maximum atomic E-state index is 13.2.